The minimum atomic E-state index is -0.458. The standard InChI is InChI=1S/C16H14FN5O3/c1-2-24-13(23)8-19-14-11(7-18-9-20-14)16-21-15(22-25-16)10-5-3-4-6-12(10)17/h3-7,9H,2,8H2,1H3,(H,18,19,20). The number of halogens is 1. The molecule has 0 saturated carbocycles. The highest BCUT2D eigenvalue weighted by molar-refractivity contribution is 5.77. The molecule has 0 atom stereocenters. The van der Waals surface area contributed by atoms with E-state index in [4.69, 9.17) is 9.26 Å². The van der Waals surface area contributed by atoms with E-state index in [0.717, 1.165) is 0 Å². The summed E-state index contributed by atoms with van der Waals surface area (Å²) in [5.41, 5.74) is 0.609. The van der Waals surface area contributed by atoms with Crippen LogP contribution in [0.3, 0.4) is 0 Å². The second-order valence-electron chi connectivity index (χ2n) is 4.85. The Morgan fingerprint density at radius 1 is 1.32 bits per heavy atom. The van der Waals surface area contributed by atoms with Gasteiger partial charge in [0.25, 0.3) is 5.89 Å². The minimum Gasteiger partial charge on any atom is -0.465 e. The number of rotatable bonds is 6. The van der Waals surface area contributed by atoms with Crippen LogP contribution in [0.4, 0.5) is 10.2 Å². The molecule has 2 aromatic heterocycles. The fourth-order valence-electron chi connectivity index (χ4n) is 2.08. The number of esters is 1. The summed E-state index contributed by atoms with van der Waals surface area (Å²) in [6.45, 7) is 1.93. The number of anilines is 1. The van der Waals surface area contributed by atoms with Crippen LogP contribution >= 0.6 is 0 Å². The fourth-order valence-corrected chi connectivity index (χ4v) is 2.08. The lowest BCUT2D eigenvalue weighted by Crippen LogP contribution is -2.17. The van der Waals surface area contributed by atoms with Gasteiger partial charge in [-0.2, -0.15) is 4.98 Å². The molecule has 0 aliphatic heterocycles. The van der Waals surface area contributed by atoms with Crippen molar-refractivity contribution in [2.75, 3.05) is 18.5 Å². The molecule has 25 heavy (non-hydrogen) atoms. The maximum Gasteiger partial charge on any atom is 0.325 e. The van der Waals surface area contributed by atoms with E-state index in [1.807, 2.05) is 0 Å². The highest BCUT2D eigenvalue weighted by atomic mass is 19.1. The van der Waals surface area contributed by atoms with Gasteiger partial charge in [-0.05, 0) is 19.1 Å². The summed E-state index contributed by atoms with van der Waals surface area (Å²) in [6, 6.07) is 6.10. The van der Waals surface area contributed by atoms with Crippen molar-refractivity contribution in [2.45, 2.75) is 6.92 Å². The van der Waals surface area contributed by atoms with E-state index >= 15 is 0 Å². The SMILES string of the molecule is CCOC(=O)CNc1ncncc1-c1nc(-c2ccccc2F)no1. The normalized spacial score (nSPS) is 10.5. The summed E-state index contributed by atoms with van der Waals surface area (Å²) < 4.78 is 23.9. The molecule has 3 rings (SSSR count). The zero-order valence-corrected chi connectivity index (χ0v) is 13.3. The third-order valence-electron chi connectivity index (χ3n) is 3.19. The molecule has 0 fully saturated rings. The molecular weight excluding hydrogens is 329 g/mol. The molecule has 0 unspecified atom stereocenters. The van der Waals surface area contributed by atoms with E-state index in [0.29, 0.717) is 11.4 Å². The lowest BCUT2D eigenvalue weighted by Gasteiger charge is -2.07. The molecule has 0 spiro atoms. The Morgan fingerprint density at radius 2 is 2.16 bits per heavy atom. The Morgan fingerprint density at radius 3 is 2.96 bits per heavy atom. The van der Waals surface area contributed by atoms with Gasteiger partial charge in [0.2, 0.25) is 5.82 Å². The Kier molecular flexibility index (Phi) is 4.93. The van der Waals surface area contributed by atoms with Gasteiger partial charge in [-0.1, -0.05) is 17.3 Å². The summed E-state index contributed by atoms with van der Waals surface area (Å²) in [6.07, 6.45) is 2.77. The summed E-state index contributed by atoms with van der Waals surface area (Å²) in [5.74, 6) is -0.352. The van der Waals surface area contributed by atoms with Crippen molar-refractivity contribution in [1.29, 1.82) is 0 Å². The van der Waals surface area contributed by atoms with Gasteiger partial charge < -0.3 is 14.6 Å². The van der Waals surface area contributed by atoms with E-state index < -0.39 is 11.8 Å². The molecule has 0 saturated heterocycles. The van der Waals surface area contributed by atoms with Crippen molar-refractivity contribution in [3.05, 3.63) is 42.6 Å². The molecule has 0 aliphatic carbocycles. The first-order valence-corrected chi connectivity index (χ1v) is 7.47. The first-order valence-electron chi connectivity index (χ1n) is 7.47. The average Bonchev–Trinajstić information content (AvgIpc) is 3.10. The third-order valence-corrected chi connectivity index (χ3v) is 3.19. The van der Waals surface area contributed by atoms with Gasteiger partial charge >= 0.3 is 5.97 Å². The molecular formula is C16H14FN5O3. The Labute approximate surface area is 142 Å². The smallest absolute Gasteiger partial charge is 0.325 e. The van der Waals surface area contributed by atoms with Crippen LogP contribution in [0.5, 0.6) is 0 Å². The maximum atomic E-state index is 13.8. The van der Waals surface area contributed by atoms with Gasteiger partial charge in [-0.15, -0.1) is 0 Å². The first kappa shape index (κ1) is 16.5. The monoisotopic (exact) mass is 343 g/mol. The number of aromatic nitrogens is 4. The zero-order valence-electron chi connectivity index (χ0n) is 13.3. The Hall–Kier alpha value is -3.36. The van der Waals surface area contributed by atoms with E-state index in [-0.39, 0.29) is 30.4 Å². The van der Waals surface area contributed by atoms with Gasteiger partial charge in [0.15, 0.2) is 0 Å². The van der Waals surface area contributed by atoms with E-state index in [9.17, 15) is 9.18 Å². The number of nitrogens with zero attached hydrogens (tertiary/aromatic N) is 4. The molecule has 1 N–H and O–H groups in total. The lowest BCUT2D eigenvalue weighted by atomic mass is 10.2. The predicted octanol–water partition coefficient (Wildman–Crippen LogP) is 2.31. The number of hydrogen-bond acceptors (Lipinski definition) is 8. The largest absolute Gasteiger partial charge is 0.465 e. The predicted molar refractivity (Wildman–Crippen MR) is 85.8 cm³/mol. The molecule has 1 aromatic carbocycles. The highest BCUT2D eigenvalue weighted by Crippen LogP contribution is 2.27. The second kappa shape index (κ2) is 7.47. The molecule has 3 aromatic rings. The molecule has 9 heteroatoms. The zero-order chi connectivity index (χ0) is 17.6. The van der Waals surface area contributed by atoms with Crippen LogP contribution in [0.2, 0.25) is 0 Å². The van der Waals surface area contributed by atoms with Gasteiger partial charge in [0.05, 0.1) is 12.2 Å². The van der Waals surface area contributed by atoms with Gasteiger partial charge in [-0.25, -0.2) is 14.4 Å². The van der Waals surface area contributed by atoms with Crippen molar-refractivity contribution in [2.24, 2.45) is 0 Å². The fraction of sp³-hybridized carbons (Fsp3) is 0.188. The van der Waals surface area contributed by atoms with Gasteiger partial charge in [0.1, 0.15) is 30.1 Å². The molecule has 0 radical (unpaired) electrons. The van der Waals surface area contributed by atoms with Crippen LogP contribution in [0.1, 0.15) is 6.92 Å². The summed E-state index contributed by atoms with van der Waals surface area (Å²) in [5, 5.41) is 6.62. The van der Waals surface area contributed by atoms with Crippen LogP contribution in [0.15, 0.2) is 41.3 Å². The summed E-state index contributed by atoms with van der Waals surface area (Å²) in [7, 11) is 0. The van der Waals surface area contributed by atoms with E-state index in [1.165, 1.54) is 18.6 Å². The lowest BCUT2D eigenvalue weighted by molar-refractivity contribution is -0.140. The number of carbonyl (C=O) groups is 1. The Bertz CT molecular complexity index is 883. The summed E-state index contributed by atoms with van der Waals surface area (Å²) >= 11 is 0. The highest BCUT2D eigenvalue weighted by Gasteiger charge is 2.17. The van der Waals surface area contributed by atoms with Crippen molar-refractivity contribution in [1.82, 2.24) is 20.1 Å². The molecule has 0 bridgehead atoms. The van der Waals surface area contributed by atoms with Crippen molar-refractivity contribution in [3.63, 3.8) is 0 Å². The van der Waals surface area contributed by atoms with Crippen LogP contribution in [0, 0.1) is 5.82 Å². The molecule has 128 valence electrons. The first-order chi connectivity index (χ1) is 12.2. The van der Waals surface area contributed by atoms with E-state index in [1.54, 1.807) is 25.1 Å². The molecule has 0 aliphatic rings. The van der Waals surface area contributed by atoms with Gasteiger partial charge in [-0.3, -0.25) is 4.79 Å². The van der Waals surface area contributed by atoms with Gasteiger partial charge in [0, 0.05) is 6.20 Å². The molecule has 8 nitrogen and oxygen atoms in total. The maximum absolute atomic E-state index is 13.8. The minimum absolute atomic E-state index is 0.0772. The number of benzene rings is 1. The molecule has 2 heterocycles. The van der Waals surface area contributed by atoms with Crippen LogP contribution in [-0.2, 0) is 9.53 Å². The number of nitrogens with one attached hydrogen (secondary N) is 1. The van der Waals surface area contributed by atoms with Crippen molar-refractivity contribution in [3.8, 4) is 22.8 Å². The summed E-state index contributed by atoms with van der Waals surface area (Å²) in [4.78, 5) is 23.6. The third kappa shape index (κ3) is 3.77. The van der Waals surface area contributed by atoms with Crippen molar-refractivity contribution < 1.29 is 18.4 Å². The number of ether oxygens (including phenoxy) is 1. The van der Waals surface area contributed by atoms with Crippen molar-refractivity contribution >= 4 is 11.8 Å². The van der Waals surface area contributed by atoms with E-state index in [2.05, 4.69) is 25.4 Å². The topological polar surface area (TPSA) is 103 Å². The van der Waals surface area contributed by atoms with Crippen LogP contribution in [-0.4, -0.2) is 39.2 Å². The number of hydrogen-bond donors (Lipinski definition) is 1. The Balaban J connectivity index is 1.86. The average molecular weight is 343 g/mol. The van der Waals surface area contributed by atoms with Crippen LogP contribution < -0.4 is 5.32 Å². The quantitative estimate of drug-likeness (QED) is 0.680. The molecule has 0 amide bonds. The number of carbonyl (C=O) groups excluding carboxylic acids is 1. The van der Waals surface area contributed by atoms with Crippen LogP contribution in [0.25, 0.3) is 22.8 Å². The second-order valence-corrected chi connectivity index (χ2v) is 4.85.